The minimum absolute atomic E-state index is 0.292. The number of carbonyl (C=O) groups excluding carboxylic acids is 1. The van der Waals surface area contributed by atoms with Gasteiger partial charge in [0.2, 0.25) is 5.91 Å². The fourth-order valence-electron chi connectivity index (χ4n) is 4.33. The van der Waals surface area contributed by atoms with Gasteiger partial charge < -0.3 is 29.7 Å². The van der Waals surface area contributed by atoms with Gasteiger partial charge in [-0.05, 0) is 39.2 Å². The zero-order chi connectivity index (χ0) is 27.2. The number of hydrogen-bond donors (Lipinski definition) is 2. The molecule has 0 aliphatic heterocycles. The highest BCUT2D eigenvalue weighted by atomic mass is 16.5. The van der Waals surface area contributed by atoms with Crippen LogP contribution in [0.25, 0.3) is 22.2 Å². The molecule has 0 radical (unpaired) electrons. The smallest absolute Gasteiger partial charge is 0.247 e. The number of likely N-dealkylation sites (N-methyl/N-ethyl adjacent to an activating group) is 2. The number of fused-ring (bicyclic) bond motifs is 1. The largest absolute Gasteiger partial charge is 0.494 e. The van der Waals surface area contributed by atoms with Crippen molar-refractivity contribution in [2.24, 2.45) is 0 Å². The van der Waals surface area contributed by atoms with E-state index >= 15 is 0 Å². The Morgan fingerprint density at radius 2 is 1.89 bits per heavy atom. The maximum atomic E-state index is 12.3. The molecular formula is C29H35N7O2. The van der Waals surface area contributed by atoms with Crippen molar-refractivity contribution in [3.8, 4) is 17.0 Å². The molecule has 0 saturated heterocycles. The Hall–Kier alpha value is -4.37. The average Bonchev–Trinajstić information content (AvgIpc) is 3.31. The Bertz CT molecular complexity index is 1440. The lowest BCUT2D eigenvalue weighted by Gasteiger charge is -2.26. The highest BCUT2D eigenvalue weighted by molar-refractivity contribution is 6.02. The van der Waals surface area contributed by atoms with Crippen LogP contribution >= 0.6 is 0 Å². The molecule has 4 rings (SSSR count). The molecule has 0 spiro atoms. The number of nitrogens with zero attached hydrogens (tertiary/aromatic N) is 5. The summed E-state index contributed by atoms with van der Waals surface area (Å²) >= 11 is 0. The van der Waals surface area contributed by atoms with E-state index in [2.05, 4.69) is 66.8 Å². The summed E-state index contributed by atoms with van der Waals surface area (Å²) in [6.45, 7) is 8.20. The van der Waals surface area contributed by atoms with Crippen LogP contribution < -0.4 is 20.3 Å². The van der Waals surface area contributed by atoms with Crippen molar-refractivity contribution in [3.05, 3.63) is 67.6 Å². The van der Waals surface area contributed by atoms with Crippen LogP contribution in [0.5, 0.6) is 5.75 Å². The van der Waals surface area contributed by atoms with Gasteiger partial charge in [0.1, 0.15) is 17.9 Å². The van der Waals surface area contributed by atoms with Crippen LogP contribution in [0.15, 0.2) is 67.6 Å². The van der Waals surface area contributed by atoms with E-state index in [1.165, 1.54) is 6.08 Å². The zero-order valence-corrected chi connectivity index (χ0v) is 22.7. The van der Waals surface area contributed by atoms with Crippen LogP contribution in [0.2, 0.25) is 0 Å². The van der Waals surface area contributed by atoms with Crippen LogP contribution in [-0.4, -0.2) is 66.7 Å². The number of benzene rings is 2. The Morgan fingerprint density at radius 3 is 2.61 bits per heavy atom. The van der Waals surface area contributed by atoms with E-state index in [1.807, 2.05) is 51.5 Å². The Kier molecular flexibility index (Phi) is 8.28. The van der Waals surface area contributed by atoms with Gasteiger partial charge in [-0.2, -0.15) is 0 Å². The fraction of sp³-hybridized carbons (Fsp3) is 0.276. The number of para-hydroxylation sites is 1. The molecule has 9 heteroatoms. The molecule has 0 saturated carbocycles. The van der Waals surface area contributed by atoms with Crippen molar-refractivity contribution in [2.45, 2.75) is 13.5 Å². The summed E-state index contributed by atoms with van der Waals surface area (Å²) in [4.78, 5) is 25.4. The second kappa shape index (κ2) is 11.8. The Morgan fingerprint density at radius 1 is 1.11 bits per heavy atom. The third-order valence-corrected chi connectivity index (χ3v) is 6.39. The molecule has 38 heavy (non-hydrogen) atoms. The number of methoxy groups -OCH3 is 1. The van der Waals surface area contributed by atoms with Crippen LogP contribution in [0.4, 0.5) is 22.9 Å². The summed E-state index contributed by atoms with van der Waals surface area (Å²) in [5, 5.41) is 7.43. The molecule has 2 aromatic heterocycles. The Labute approximate surface area is 223 Å². The molecule has 2 aromatic carbocycles. The third kappa shape index (κ3) is 5.78. The van der Waals surface area contributed by atoms with Crippen molar-refractivity contribution in [2.75, 3.05) is 56.9 Å². The van der Waals surface area contributed by atoms with Crippen LogP contribution in [0.1, 0.15) is 6.92 Å². The number of rotatable bonds is 11. The summed E-state index contributed by atoms with van der Waals surface area (Å²) < 4.78 is 7.94. The van der Waals surface area contributed by atoms with Gasteiger partial charge in [-0.25, -0.2) is 9.97 Å². The second-order valence-corrected chi connectivity index (χ2v) is 9.25. The van der Waals surface area contributed by atoms with Crippen LogP contribution in [0.3, 0.4) is 0 Å². The number of nitrogens with one attached hydrogen (secondary N) is 2. The van der Waals surface area contributed by atoms with Gasteiger partial charge in [0.25, 0.3) is 0 Å². The van der Waals surface area contributed by atoms with E-state index in [-0.39, 0.29) is 5.91 Å². The van der Waals surface area contributed by atoms with Gasteiger partial charge in [0.05, 0.1) is 29.9 Å². The molecule has 198 valence electrons. The van der Waals surface area contributed by atoms with Gasteiger partial charge in [-0.1, -0.05) is 24.8 Å². The minimum Gasteiger partial charge on any atom is -0.494 e. The highest BCUT2D eigenvalue weighted by Gasteiger charge is 2.17. The first-order chi connectivity index (χ1) is 18.3. The maximum Gasteiger partial charge on any atom is 0.247 e. The number of aryl methyl sites for hydroxylation is 1. The second-order valence-electron chi connectivity index (χ2n) is 9.25. The molecule has 2 heterocycles. The first-order valence-electron chi connectivity index (χ1n) is 12.5. The fourth-order valence-corrected chi connectivity index (χ4v) is 4.33. The van der Waals surface area contributed by atoms with E-state index in [1.54, 1.807) is 13.4 Å². The molecule has 0 aliphatic carbocycles. The summed E-state index contributed by atoms with van der Waals surface area (Å²) in [7, 11) is 7.66. The lowest BCUT2D eigenvalue weighted by molar-refractivity contribution is -0.111. The number of hydrogen-bond acceptors (Lipinski definition) is 7. The third-order valence-electron chi connectivity index (χ3n) is 6.39. The molecule has 0 aliphatic rings. The van der Waals surface area contributed by atoms with E-state index in [4.69, 9.17) is 4.74 Å². The zero-order valence-electron chi connectivity index (χ0n) is 22.7. The van der Waals surface area contributed by atoms with Crippen molar-refractivity contribution in [1.29, 1.82) is 0 Å². The SMILES string of the molecule is C=CC(=O)Nc1cc(Nc2cc(-c3cn(CC)c4ccccc34)ncn2)c(OC)cc1N(C)CCN(C)C. The molecule has 0 fully saturated rings. The maximum absolute atomic E-state index is 12.3. The van der Waals surface area contributed by atoms with E-state index in [0.717, 1.165) is 47.5 Å². The molecule has 9 nitrogen and oxygen atoms in total. The normalized spacial score (nSPS) is 11.0. The van der Waals surface area contributed by atoms with Crippen molar-refractivity contribution in [1.82, 2.24) is 19.4 Å². The van der Waals surface area contributed by atoms with Gasteiger partial charge in [0, 0.05) is 61.5 Å². The van der Waals surface area contributed by atoms with Crippen LogP contribution in [0, 0.1) is 0 Å². The first-order valence-corrected chi connectivity index (χ1v) is 12.5. The summed E-state index contributed by atoms with van der Waals surface area (Å²) in [6.07, 6.45) is 4.93. The number of carbonyl (C=O) groups is 1. The molecule has 0 bridgehead atoms. The van der Waals surface area contributed by atoms with E-state index < -0.39 is 0 Å². The van der Waals surface area contributed by atoms with Gasteiger partial charge >= 0.3 is 0 Å². The number of anilines is 4. The Balaban J connectivity index is 1.71. The van der Waals surface area contributed by atoms with E-state index in [9.17, 15) is 4.79 Å². The monoisotopic (exact) mass is 513 g/mol. The summed E-state index contributed by atoms with van der Waals surface area (Å²) in [5.74, 6) is 0.937. The lowest BCUT2D eigenvalue weighted by atomic mass is 10.1. The van der Waals surface area contributed by atoms with Gasteiger partial charge in [0.15, 0.2) is 0 Å². The van der Waals surface area contributed by atoms with Gasteiger partial charge in [-0.3, -0.25) is 4.79 Å². The number of aromatic nitrogens is 3. The first kappa shape index (κ1) is 26.7. The van der Waals surface area contributed by atoms with Crippen molar-refractivity contribution < 1.29 is 9.53 Å². The summed E-state index contributed by atoms with van der Waals surface area (Å²) in [6, 6.07) is 14.0. The highest BCUT2D eigenvalue weighted by Crippen LogP contribution is 2.38. The van der Waals surface area contributed by atoms with Gasteiger partial charge in [-0.15, -0.1) is 0 Å². The molecule has 0 unspecified atom stereocenters. The number of ether oxygens (including phenoxy) is 1. The predicted octanol–water partition coefficient (Wildman–Crippen LogP) is 4.99. The molecule has 0 atom stereocenters. The van der Waals surface area contributed by atoms with Crippen LogP contribution in [-0.2, 0) is 11.3 Å². The quantitative estimate of drug-likeness (QED) is 0.273. The summed E-state index contributed by atoms with van der Waals surface area (Å²) in [5.41, 5.74) is 5.15. The average molecular weight is 514 g/mol. The number of amides is 1. The topological polar surface area (TPSA) is 87.5 Å². The lowest BCUT2D eigenvalue weighted by Crippen LogP contribution is -2.29. The molecule has 4 aromatic rings. The molecule has 1 amide bonds. The van der Waals surface area contributed by atoms with Crippen molar-refractivity contribution in [3.63, 3.8) is 0 Å². The molecular weight excluding hydrogens is 478 g/mol. The van der Waals surface area contributed by atoms with E-state index in [0.29, 0.717) is 22.9 Å². The molecule has 2 N–H and O–H groups in total. The standard InChI is InChI=1S/C29H35N7O2/c1-7-29(37)33-23-15-24(27(38-6)17-26(23)35(5)14-13-34(3)4)32-28-16-22(30-19-31-28)21-18-36(8-2)25-12-10-9-11-20(21)25/h7,9-12,15-19H,1,8,13-14H2,2-6H3,(H,33,37)(H,30,31,32). The predicted molar refractivity (Wildman–Crippen MR) is 156 cm³/mol. The van der Waals surface area contributed by atoms with Crippen molar-refractivity contribution >= 4 is 39.7 Å². The minimum atomic E-state index is -0.292.